The van der Waals surface area contributed by atoms with Crippen LogP contribution in [0.15, 0.2) is 12.1 Å². The molecule has 0 atom stereocenters. The lowest BCUT2D eigenvalue weighted by molar-refractivity contribution is 0.302. The van der Waals surface area contributed by atoms with Crippen LogP contribution >= 0.6 is 0 Å². The first-order chi connectivity index (χ1) is 8.19. The van der Waals surface area contributed by atoms with E-state index >= 15 is 0 Å². The van der Waals surface area contributed by atoms with Crippen LogP contribution in [0.25, 0.3) is 0 Å². The van der Waals surface area contributed by atoms with Gasteiger partial charge in [0.25, 0.3) is 0 Å². The minimum Gasteiger partial charge on any atom is -0.348 e. The Morgan fingerprint density at radius 3 is 2.18 bits per heavy atom. The Balaban J connectivity index is 2.16. The lowest BCUT2D eigenvalue weighted by atomic mass is 10.4. The second-order valence-corrected chi connectivity index (χ2v) is 4.54. The molecular weight excluding hydrogens is 210 g/mol. The third-order valence-corrected chi connectivity index (χ3v) is 3.43. The number of likely N-dealkylation sites (N-methyl/N-ethyl adjacent to an activating group) is 1. The van der Waals surface area contributed by atoms with Crippen LogP contribution < -0.4 is 5.32 Å². The van der Waals surface area contributed by atoms with E-state index in [-0.39, 0.29) is 0 Å². The molecule has 1 N–H and O–H groups in total. The summed E-state index contributed by atoms with van der Waals surface area (Å²) in [4.78, 5) is 2.44. The smallest absolute Gasteiger partial charge is 0.0349 e. The lowest BCUT2D eigenvalue weighted by Gasteiger charge is -2.18. The van der Waals surface area contributed by atoms with Crippen molar-refractivity contribution in [1.29, 1.82) is 0 Å². The van der Waals surface area contributed by atoms with E-state index in [1.807, 2.05) is 0 Å². The average molecular weight is 237 g/mol. The summed E-state index contributed by atoms with van der Waals surface area (Å²) in [7, 11) is 0. The number of nitrogens with one attached hydrogen (secondary N) is 1. The van der Waals surface area contributed by atoms with Crippen molar-refractivity contribution < 1.29 is 0 Å². The molecule has 0 spiro atoms. The second-order valence-electron chi connectivity index (χ2n) is 4.54. The zero-order valence-electron chi connectivity index (χ0n) is 11.8. The van der Waals surface area contributed by atoms with E-state index in [1.54, 1.807) is 0 Å². The third-order valence-electron chi connectivity index (χ3n) is 3.43. The minimum atomic E-state index is 1.05. The van der Waals surface area contributed by atoms with E-state index in [1.165, 1.54) is 11.4 Å². The second kappa shape index (κ2) is 7.51. The van der Waals surface area contributed by atoms with Gasteiger partial charge in [-0.25, -0.2) is 0 Å². The molecule has 0 aliphatic carbocycles. The first kappa shape index (κ1) is 14.3. The molecule has 0 saturated heterocycles. The van der Waals surface area contributed by atoms with Gasteiger partial charge in [-0.15, -0.1) is 0 Å². The predicted octanol–water partition coefficient (Wildman–Crippen LogP) is 2.04. The molecule has 0 radical (unpaired) electrons. The molecule has 1 rings (SSSR count). The van der Waals surface area contributed by atoms with E-state index in [0.717, 1.165) is 39.3 Å². The summed E-state index contributed by atoms with van der Waals surface area (Å²) in [5, 5.41) is 3.51. The Morgan fingerprint density at radius 2 is 1.65 bits per heavy atom. The summed E-state index contributed by atoms with van der Waals surface area (Å²) >= 11 is 0. The quantitative estimate of drug-likeness (QED) is 0.698. The first-order valence-electron chi connectivity index (χ1n) is 6.74. The molecule has 0 saturated carbocycles. The van der Waals surface area contributed by atoms with E-state index in [4.69, 9.17) is 0 Å². The van der Waals surface area contributed by atoms with Crippen LogP contribution in [-0.2, 0) is 6.54 Å². The summed E-state index contributed by atoms with van der Waals surface area (Å²) in [5.41, 5.74) is 2.71. The molecule has 1 aromatic rings. The van der Waals surface area contributed by atoms with Crippen LogP contribution in [0.1, 0.15) is 25.2 Å². The van der Waals surface area contributed by atoms with Crippen molar-refractivity contribution in [3.8, 4) is 0 Å². The number of hydrogen-bond donors (Lipinski definition) is 1. The number of nitrogens with zero attached hydrogens (tertiary/aromatic N) is 2. The molecule has 1 aromatic heterocycles. The Bertz CT molecular complexity index is 294. The zero-order valence-corrected chi connectivity index (χ0v) is 11.8. The van der Waals surface area contributed by atoms with Crippen LogP contribution in [0.5, 0.6) is 0 Å². The molecule has 0 unspecified atom stereocenters. The van der Waals surface area contributed by atoms with Crippen LogP contribution in [0, 0.1) is 13.8 Å². The van der Waals surface area contributed by atoms with Gasteiger partial charge in [-0.2, -0.15) is 0 Å². The van der Waals surface area contributed by atoms with Crippen molar-refractivity contribution in [2.75, 3.05) is 32.7 Å². The predicted molar refractivity (Wildman–Crippen MR) is 74.6 cm³/mol. The maximum absolute atomic E-state index is 3.51. The highest BCUT2D eigenvalue weighted by atomic mass is 15.1. The van der Waals surface area contributed by atoms with Crippen molar-refractivity contribution in [1.82, 2.24) is 14.8 Å². The summed E-state index contributed by atoms with van der Waals surface area (Å²) < 4.78 is 2.37. The standard InChI is InChI=1S/C14H27N3/c1-5-16(6-2)11-9-15-10-12-17-13(3)7-8-14(17)4/h7-8,15H,5-6,9-12H2,1-4H3. The zero-order chi connectivity index (χ0) is 12.7. The molecule has 0 fully saturated rings. The SMILES string of the molecule is CCN(CC)CCNCCn1c(C)ccc1C. The van der Waals surface area contributed by atoms with Crippen LogP contribution in [0.4, 0.5) is 0 Å². The van der Waals surface area contributed by atoms with Gasteiger partial charge in [-0.3, -0.25) is 0 Å². The lowest BCUT2D eigenvalue weighted by Crippen LogP contribution is -2.33. The van der Waals surface area contributed by atoms with Crippen LogP contribution in [-0.4, -0.2) is 42.2 Å². The average Bonchev–Trinajstić information content (AvgIpc) is 2.65. The van der Waals surface area contributed by atoms with Crippen molar-refractivity contribution in [3.05, 3.63) is 23.5 Å². The Labute approximate surface area is 106 Å². The van der Waals surface area contributed by atoms with E-state index in [9.17, 15) is 0 Å². The van der Waals surface area contributed by atoms with Crippen molar-refractivity contribution >= 4 is 0 Å². The number of rotatable bonds is 8. The highest BCUT2D eigenvalue weighted by Gasteiger charge is 2.00. The Hall–Kier alpha value is -0.800. The topological polar surface area (TPSA) is 20.2 Å². The highest BCUT2D eigenvalue weighted by molar-refractivity contribution is 5.13. The van der Waals surface area contributed by atoms with Crippen molar-refractivity contribution in [3.63, 3.8) is 0 Å². The normalized spacial score (nSPS) is 11.4. The molecule has 98 valence electrons. The van der Waals surface area contributed by atoms with E-state index in [0.29, 0.717) is 0 Å². The molecule has 0 bridgehead atoms. The molecule has 3 heteroatoms. The number of aryl methyl sites for hydroxylation is 2. The Kier molecular flexibility index (Phi) is 6.30. The van der Waals surface area contributed by atoms with Gasteiger partial charge >= 0.3 is 0 Å². The largest absolute Gasteiger partial charge is 0.348 e. The van der Waals surface area contributed by atoms with Gasteiger partial charge in [0.15, 0.2) is 0 Å². The number of aromatic nitrogens is 1. The highest BCUT2D eigenvalue weighted by Crippen LogP contribution is 2.05. The van der Waals surface area contributed by atoms with Gasteiger partial charge in [0.1, 0.15) is 0 Å². The molecule has 0 amide bonds. The third kappa shape index (κ3) is 4.52. The summed E-state index contributed by atoms with van der Waals surface area (Å²) in [5.74, 6) is 0. The summed E-state index contributed by atoms with van der Waals surface area (Å²) in [6.45, 7) is 15.4. The fourth-order valence-electron chi connectivity index (χ4n) is 2.14. The van der Waals surface area contributed by atoms with Gasteiger partial charge in [-0.1, -0.05) is 13.8 Å². The van der Waals surface area contributed by atoms with Crippen molar-refractivity contribution in [2.24, 2.45) is 0 Å². The molecule has 0 aliphatic heterocycles. The fourth-order valence-corrected chi connectivity index (χ4v) is 2.14. The fraction of sp³-hybridized carbons (Fsp3) is 0.714. The minimum absolute atomic E-state index is 1.05. The van der Waals surface area contributed by atoms with Gasteiger partial charge < -0.3 is 14.8 Å². The molecule has 3 nitrogen and oxygen atoms in total. The molecular formula is C14H27N3. The Morgan fingerprint density at radius 1 is 1.06 bits per heavy atom. The molecule has 0 aliphatic rings. The molecule has 17 heavy (non-hydrogen) atoms. The molecule has 0 aromatic carbocycles. The van der Waals surface area contributed by atoms with E-state index < -0.39 is 0 Å². The summed E-state index contributed by atoms with van der Waals surface area (Å²) in [6, 6.07) is 4.37. The molecule has 1 heterocycles. The number of hydrogen-bond acceptors (Lipinski definition) is 2. The van der Waals surface area contributed by atoms with Gasteiger partial charge in [-0.05, 0) is 39.1 Å². The maximum Gasteiger partial charge on any atom is 0.0349 e. The van der Waals surface area contributed by atoms with Gasteiger partial charge in [0, 0.05) is 37.6 Å². The monoisotopic (exact) mass is 237 g/mol. The van der Waals surface area contributed by atoms with Gasteiger partial charge in [0.2, 0.25) is 0 Å². The van der Waals surface area contributed by atoms with Crippen LogP contribution in [0.2, 0.25) is 0 Å². The van der Waals surface area contributed by atoms with Crippen molar-refractivity contribution in [2.45, 2.75) is 34.2 Å². The van der Waals surface area contributed by atoms with Gasteiger partial charge in [0.05, 0.1) is 0 Å². The summed E-state index contributed by atoms with van der Waals surface area (Å²) in [6.07, 6.45) is 0. The first-order valence-corrected chi connectivity index (χ1v) is 6.74. The van der Waals surface area contributed by atoms with Crippen LogP contribution in [0.3, 0.4) is 0 Å². The maximum atomic E-state index is 3.51. The van der Waals surface area contributed by atoms with E-state index in [2.05, 4.69) is 54.6 Å².